The minimum Gasteiger partial charge on any atom is -0.307 e. The van der Waals surface area contributed by atoms with Gasteiger partial charge in [0.25, 0.3) is 0 Å². The normalized spacial score (nSPS) is 10.7. The lowest BCUT2D eigenvalue weighted by atomic mass is 9.97. The van der Waals surface area contributed by atoms with Crippen molar-refractivity contribution in [3.63, 3.8) is 0 Å². The molecule has 152 valence electrons. The number of carbonyl (C=O) groups is 1. The minimum absolute atomic E-state index is 0.156. The number of benzene rings is 2. The highest BCUT2D eigenvalue weighted by molar-refractivity contribution is 6.00. The van der Waals surface area contributed by atoms with Gasteiger partial charge < -0.3 is 10.6 Å². The molecule has 2 aromatic rings. The Morgan fingerprint density at radius 3 is 1.39 bits per heavy atom. The molecule has 0 fully saturated rings. The summed E-state index contributed by atoms with van der Waals surface area (Å²) in [5, 5.41) is 6.23. The van der Waals surface area contributed by atoms with E-state index in [0.717, 1.165) is 62.7 Å². The van der Waals surface area contributed by atoms with Crippen molar-refractivity contribution in [2.75, 3.05) is 10.6 Å². The van der Waals surface area contributed by atoms with Crippen LogP contribution in [0.15, 0.2) is 36.4 Å². The van der Waals surface area contributed by atoms with Gasteiger partial charge in [-0.25, -0.2) is 4.79 Å². The fraction of sp³-hybridized carbons (Fsp3) is 0.480. The third kappa shape index (κ3) is 5.85. The number of aryl methyl sites for hydroxylation is 2. The molecule has 0 radical (unpaired) electrons. The number of carbonyl (C=O) groups excluding carboxylic acids is 1. The number of amides is 2. The summed E-state index contributed by atoms with van der Waals surface area (Å²) in [7, 11) is 0. The van der Waals surface area contributed by atoms with E-state index in [0.29, 0.717) is 0 Å². The van der Waals surface area contributed by atoms with E-state index >= 15 is 0 Å². The van der Waals surface area contributed by atoms with E-state index in [2.05, 4.69) is 50.5 Å². The van der Waals surface area contributed by atoms with Gasteiger partial charge in [-0.1, -0.05) is 77.6 Å². The Balaban J connectivity index is 2.23. The van der Waals surface area contributed by atoms with Crippen LogP contribution < -0.4 is 10.6 Å². The first kappa shape index (κ1) is 22.0. The fourth-order valence-corrected chi connectivity index (χ4v) is 3.88. The van der Waals surface area contributed by atoms with Gasteiger partial charge in [0.05, 0.1) is 0 Å². The Morgan fingerprint density at radius 2 is 1.04 bits per heavy atom. The summed E-state index contributed by atoms with van der Waals surface area (Å²) >= 11 is 0. The fourth-order valence-electron chi connectivity index (χ4n) is 3.88. The number of rotatable bonds is 10. The molecular formula is C25H36N2O. The van der Waals surface area contributed by atoms with Crippen LogP contribution >= 0.6 is 0 Å². The van der Waals surface area contributed by atoms with E-state index in [1.807, 2.05) is 24.3 Å². The highest BCUT2D eigenvalue weighted by atomic mass is 16.2. The van der Waals surface area contributed by atoms with E-state index in [1.54, 1.807) is 0 Å². The molecule has 0 bridgehead atoms. The molecule has 0 unspecified atom stereocenters. The third-order valence-electron chi connectivity index (χ3n) is 5.08. The summed E-state index contributed by atoms with van der Waals surface area (Å²) in [4.78, 5) is 12.8. The quantitative estimate of drug-likeness (QED) is 0.452. The molecule has 0 heterocycles. The van der Waals surface area contributed by atoms with Gasteiger partial charge in [0.2, 0.25) is 0 Å². The number of anilines is 2. The summed E-state index contributed by atoms with van der Waals surface area (Å²) in [5.74, 6) is 0. The van der Waals surface area contributed by atoms with E-state index in [-0.39, 0.29) is 6.03 Å². The molecule has 3 nitrogen and oxygen atoms in total. The number of hydrogen-bond acceptors (Lipinski definition) is 1. The molecule has 28 heavy (non-hydrogen) atoms. The molecule has 0 aromatic heterocycles. The zero-order valence-corrected chi connectivity index (χ0v) is 18.0. The van der Waals surface area contributed by atoms with Crippen LogP contribution in [0, 0.1) is 0 Å². The van der Waals surface area contributed by atoms with E-state index in [1.165, 1.54) is 22.3 Å². The molecule has 0 aliphatic heterocycles. The van der Waals surface area contributed by atoms with Gasteiger partial charge in [-0.15, -0.1) is 0 Å². The van der Waals surface area contributed by atoms with Crippen molar-refractivity contribution in [1.82, 2.24) is 0 Å². The Labute approximate surface area is 170 Å². The molecule has 0 spiro atoms. The van der Waals surface area contributed by atoms with Crippen molar-refractivity contribution in [2.24, 2.45) is 0 Å². The summed E-state index contributed by atoms with van der Waals surface area (Å²) in [5.41, 5.74) is 7.11. The second-order valence-corrected chi connectivity index (χ2v) is 7.47. The minimum atomic E-state index is -0.156. The van der Waals surface area contributed by atoms with Crippen LogP contribution in [0.25, 0.3) is 0 Å². The molecule has 0 saturated heterocycles. The summed E-state index contributed by atoms with van der Waals surface area (Å²) < 4.78 is 0. The summed E-state index contributed by atoms with van der Waals surface area (Å²) in [6, 6.07) is 12.3. The second-order valence-electron chi connectivity index (χ2n) is 7.47. The van der Waals surface area contributed by atoms with E-state index < -0.39 is 0 Å². The molecule has 2 N–H and O–H groups in total. The van der Waals surface area contributed by atoms with Crippen LogP contribution in [0.4, 0.5) is 16.2 Å². The average molecular weight is 381 g/mol. The lowest BCUT2D eigenvalue weighted by Gasteiger charge is -2.18. The van der Waals surface area contributed by atoms with Crippen LogP contribution in [-0.4, -0.2) is 6.03 Å². The van der Waals surface area contributed by atoms with Crippen LogP contribution in [0.3, 0.4) is 0 Å². The summed E-state index contributed by atoms with van der Waals surface area (Å²) in [6.07, 6.45) is 8.41. The first-order valence-electron chi connectivity index (χ1n) is 10.9. The van der Waals surface area contributed by atoms with Crippen molar-refractivity contribution >= 4 is 17.4 Å². The molecule has 3 heteroatoms. The Hall–Kier alpha value is -2.29. The van der Waals surface area contributed by atoms with E-state index in [4.69, 9.17) is 0 Å². The molecule has 0 aliphatic carbocycles. The van der Waals surface area contributed by atoms with Gasteiger partial charge in [0.15, 0.2) is 0 Å². The smallest absolute Gasteiger partial charge is 0.307 e. The Kier molecular flexibility index (Phi) is 9.06. The first-order valence-corrected chi connectivity index (χ1v) is 10.9. The Bertz CT molecular complexity index is 704. The van der Waals surface area contributed by atoms with Crippen molar-refractivity contribution in [3.8, 4) is 0 Å². The predicted molar refractivity (Wildman–Crippen MR) is 122 cm³/mol. The third-order valence-corrected chi connectivity index (χ3v) is 5.08. The molecule has 2 aromatic carbocycles. The van der Waals surface area contributed by atoms with E-state index in [9.17, 15) is 4.79 Å². The lowest BCUT2D eigenvalue weighted by Crippen LogP contribution is -2.21. The number of urea groups is 1. The van der Waals surface area contributed by atoms with Gasteiger partial charge in [-0.05, 0) is 60.1 Å². The zero-order valence-electron chi connectivity index (χ0n) is 18.0. The molecule has 2 amide bonds. The molecule has 0 atom stereocenters. The van der Waals surface area contributed by atoms with Crippen LogP contribution in [0.2, 0.25) is 0 Å². The maximum Gasteiger partial charge on any atom is 0.323 e. The molecule has 0 saturated carbocycles. The largest absolute Gasteiger partial charge is 0.323 e. The first-order chi connectivity index (χ1) is 13.6. The second kappa shape index (κ2) is 11.5. The van der Waals surface area contributed by atoms with Gasteiger partial charge in [-0.3, -0.25) is 0 Å². The molecule has 2 rings (SSSR count). The van der Waals surface area contributed by atoms with Crippen molar-refractivity contribution in [1.29, 1.82) is 0 Å². The highest BCUT2D eigenvalue weighted by Crippen LogP contribution is 2.26. The van der Waals surface area contributed by atoms with Gasteiger partial charge in [-0.2, -0.15) is 0 Å². The lowest BCUT2D eigenvalue weighted by molar-refractivity contribution is 0.262. The SMILES string of the molecule is CCCc1cccc(NC(=O)Nc2cccc(CCC)c2CCC)c1CCC. The van der Waals surface area contributed by atoms with Crippen molar-refractivity contribution < 1.29 is 4.79 Å². The highest BCUT2D eigenvalue weighted by Gasteiger charge is 2.13. The molecule has 0 aliphatic rings. The zero-order chi connectivity index (χ0) is 20.4. The Morgan fingerprint density at radius 1 is 0.643 bits per heavy atom. The maximum absolute atomic E-state index is 12.8. The topological polar surface area (TPSA) is 41.1 Å². The van der Waals surface area contributed by atoms with Gasteiger partial charge in [0, 0.05) is 11.4 Å². The van der Waals surface area contributed by atoms with Gasteiger partial charge >= 0.3 is 6.03 Å². The number of nitrogens with one attached hydrogen (secondary N) is 2. The summed E-state index contributed by atoms with van der Waals surface area (Å²) in [6.45, 7) is 8.76. The van der Waals surface area contributed by atoms with Gasteiger partial charge in [0.1, 0.15) is 0 Å². The van der Waals surface area contributed by atoms with Crippen LogP contribution in [0.1, 0.15) is 75.6 Å². The van der Waals surface area contributed by atoms with Crippen LogP contribution in [-0.2, 0) is 25.7 Å². The monoisotopic (exact) mass is 380 g/mol. The average Bonchev–Trinajstić information content (AvgIpc) is 2.67. The predicted octanol–water partition coefficient (Wildman–Crippen LogP) is 7.14. The van der Waals surface area contributed by atoms with Crippen LogP contribution in [0.5, 0.6) is 0 Å². The maximum atomic E-state index is 12.8. The number of hydrogen-bond donors (Lipinski definition) is 2. The standard InChI is InChI=1S/C25H36N2O/c1-5-11-19-15-9-17-23(21(19)13-7-3)26-25(28)27-24-18-10-16-20(12-6-2)22(24)14-8-4/h9-10,15-18H,5-8,11-14H2,1-4H3,(H2,26,27,28). The van der Waals surface area contributed by atoms with Crippen molar-refractivity contribution in [3.05, 3.63) is 58.7 Å². The van der Waals surface area contributed by atoms with Crippen molar-refractivity contribution in [2.45, 2.75) is 79.1 Å². The molecular weight excluding hydrogens is 344 g/mol.